The van der Waals surface area contributed by atoms with Gasteiger partial charge in [0, 0.05) is 6.20 Å². The first kappa shape index (κ1) is 12.4. The van der Waals surface area contributed by atoms with Gasteiger partial charge in [-0.15, -0.1) is 0 Å². The van der Waals surface area contributed by atoms with Crippen molar-refractivity contribution in [2.24, 2.45) is 0 Å². The molecule has 5 nitrogen and oxygen atoms in total. The Morgan fingerprint density at radius 2 is 2.30 bits per heavy atom. The van der Waals surface area contributed by atoms with Crippen molar-refractivity contribution < 1.29 is 13.5 Å². The summed E-state index contributed by atoms with van der Waals surface area (Å²) in [6, 6.07) is 1.31. The van der Waals surface area contributed by atoms with Crippen molar-refractivity contribution in [3.05, 3.63) is 47.3 Å². The van der Waals surface area contributed by atoms with E-state index in [0.29, 0.717) is 18.8 Å². The number of benzene rings is 1. The standard InChI is InChI=1S/C13H10F2N4O/c1-16-9-4-10-13(12(15)11(9)14)20-3-2-19(10)6-8-5-17-7-18-8/h4-5,7H,2-3,6H2,(H,17,18). The molecular weight excluding hydrogens is 266 g/mol. The van der Waals surface area contributed by atoms with Crippen LogP contribution >= 0.6 is 0 Å². The fraction of sp³-hybridized carbons (Fsp3) is 0.231. The summed E-state index contributed by atoms with van der Waals surface area (Å²) >= 11 is 0. The summed E-state index contributed by atoms with van der Waals surface area (Å²) in [5.41, 5.74) is 0.801. The van der Waals surface area contributed by atoms with E-state index < -0.39 is 11.6 Å². The molecule has 0 radical (unpaired) electrons. The predicted molar refractivity (Wildman–Crippen MR) is 67.8 cm³/mol. The molecule has 2 aromatic rings. The number of nitrogens with zero attached hydrogens (tertiary/aromatic N) is 3. The van der Waals surface area contributed by atoms with E-state index in [4.69, 9.17) is 11.3 Å². The topological polar surface area (TPSA) is 45.5 Å². The molecule has 0 atom stereocenters. The fourth-order valence-corrected chi connectivity index (χ4v) is 2.15. The zero-order chi connectivity index (χ0) is 14.1. The second kappa shape index (κ2) is 4.81. The quantitative estimate of drug-likeness (QED) is 0.858. The smallest absolute Gasteiger partial charge is 0.227 e. The van der Waals surface area contributed by atoms with Crippen LogP contribution in [0, 0.1) is 18.2 Å². The van der Waals surface area contributed by atoms with Crippen LogP contribution in [-0.2, 0) is 6.54 Å². The average molecular weight is 276 g/mol. The molecule has 0 spiro atoms. The van der Waals surface area contributed by atoms with Gasteiger partial charge in [0.2, 0.25) is 5.69 Å². The van der Waals surface area contributed by atoms with Crippen molar-refractivity contribution in [2.45, 2.75) is 6.54 Å². The van der Waals surface area contributed by atoms with E-state index in [2.05, 4.69) is 14.8 Å². The molecule has 3 rings (SSSR count). The van der Waals surface area contributed by atoms with Crippen molar-refractivity contribution in [2.75, 3.05) is 18.1 Å². The number of aromatic amines is 1. The molecule has 1 aliphatic rings. The van der Waals surface area contributed by atoms with Crippen molar-refractivity contribution in [3.63, 3.8) is 0 Å². The van der Waals surface area contributed by atoms with Crippen molar-refractivity contribution >= 4 is 11.4 Å². The Hall–Kier alpha value is -2.62. The van der Waals surface area contributed by atoms with Crippen LogP contribution in [0.15, 0.2) is 18.6 Å². The molecule has 1 N–H and O–H groups in total. The minimum Gasteiger partial charge on any atom is -0.486 e. The van der Waals surface area contributed by atoms with Gasteiger partial charge >= 0.3 is 0 Å². The maximum Gasteiger partial charge on any atom is 0.227 e. The van der Waals surface area contributed by atoms with Crippen LogP contribution in [0.2, 0.25) is 0 Å². The molecule has 1 aliphatic heterocycles. The van der Waals surface area contributed by atoms with Crippen molar-refractivity contribution in [1.82, 2.24) is 9.97 Å². The largest absolute Gasteiger partial charge is 0.486 e. The molecule has 0 fully saturated rings. The Kier molecular flexibility index (Phi) is 2.99. The fourth-order valence-electron chi connectivity index (χ4n) is 2.15. The highest BCUT2D eigenvalue weighted by Crippen LogP contribution is 2.40. The van der Waals surface area contributed by atoms with Crippen LogP contribution in [-0.4, -0.2) is 23.1 Å². The normalized spacial score (nSPS) is 13.6. The van der Waals surface area contributed by atoms with E-state index in [1.807, 2.05) is 4.90 Å². The van der Waals surface area contributed by atoms with Crippen LogP contribution in [0.5, 0.6) is 5.75 Å². The third-order valence-corrected chi connectivity index (χ3v) is 3.10. The summed E-state index contributed by atoms with van der Waals surface area (Å²) in [6.07, 6.45) is 3.28. The number of ether oxygens (including phenoxy) is 1. The molecule has 1 aromatic carbocycles. The average Bonchev–Trinajstić information content (AvgIpc) is 2.96. The van der Waals surface area contributed by atoms with Crippen LogP contribution in [0.25, 0.3) is 4.85 Å². The Labute approximate surface area is 113 Å². The lowest BCUT2D eigenvalue weighted by Crippen LogP contribution is -2.32. The molecule has 20 heavy (non-hydrogen) atoms. The van der Waals surface area contributed by atoms with E-state index >= 15 is 0 Å². The van der Waals surface area contributed by atoms with Crippen molar-refractivity contribution in [1.29, 1.82) is 0 Å². The number of fused-ring (bicyclic) bond motifs is 1. The lowest BCUT2D eigenvalue weighted by molar-refractivity contribution is 0.285. The molecule has 0 aliphatic carbocycles. The highest BCUT2D eigenvalue weighted by molar-refractivity contribution is 5.69. The number of anilines is 1. The summed E-state index contributed by atoms with van der Waals surface area (Å²) in [5.74, 6) is -2.42. The molecule has 0 saturated carbocycles. The summed E-state index contributed by atoms with van der Waals surface area (Å²) < 4.78 is 32.7. The van der Waals surface area contributed by atoms with Crippen LogP contribution in [0.3, 0.4) is 0 Å². The number of hydrogen-bond acceptors (Lipinski definition) is 3. The third-order valence-electron chi connectivity index (χ3n) is 3.10. The van der Waals surface area contributed by atoms with Gasteiger partial charge in [-0.05, 0) is 6.07 Å². The number of hydrogen-bond donors (Lipinski definition) is 1. The number of halogens is 2. The Balaban J connectivity index is 2.04. The number of imidazole rings is 1. The first-order chi connectivity index (χ1) is 9.70. The maximum atomic E-state index is 13.9. The predicted octanol–water partition coefficient (Wildman–Crippen LogP) is 2.64. The summed E-state index contributed by atoms with van der Waals surface area (Å²) in [4.78, 5) is 11.7. The van der Waals surface area contributed by atoms with Gasteiger partial charge in [-0.25, -0.2) is 18.6 Å². The minimum absolute atomic E-state index is 0.142. The Morgan fingerprint density at radius 3 is 3.00 bits per heavy atom. The lowest BCUT2D eigenvalue weighted by Gasteiger charge is -2.31. The second-order valence-corrected chi connectivity index (χ2v) is 4.31. The zero-order valence-electron chi connectivity index (χ0n) is 10.4. The molecule has 7 heteroatoms. The van der Waals surface area contributed by atoms with Gasteiger partial charge in [0.05, 0.1) is 37.4 Å². The van der Waals surface area contributed by atoms with Gasteiger partial charge < -0.3 is 14.6 Å². The van der Waals surface area contributed by atoms with Gasteiger partial charge in [-0.2, -0.15) is 0 Å². The van der Waals surface area contributed by atoms with Crippen molar-refractivity contribution in [3.8, 4) is 5.75 Å². The third kappa shape index (κ3) is 1.95. The lowest BCUT2D eigenvalue weighted by atomic mass is 10.2. The Morgan fingerprint density at radius 1 is 1.45 bits per heavy atom. The van der Waals surface area contributed by atoms with E-state index in [1.54, 1.807) is 12.5 Å². The van der Waals surface area contributed by atoms with Gasteiger partial charge in [0.15, 0.2) is 17.4 Å². The van der Waals surface area contributed by atoms with Gasteiger partial charge in [0.25, 0.3) is 0 Å². The molecule has 2 heterocycles. The van der Waals surface area contributed by atoms with Gasteiger partial charge in [-0.3, -0.25) is 0 Å². The van der Waals surface area contributed by atoms with E-state index in [-0.39, 0.29) is 18.0 Å². The summed E-state index contributed by atoms with van der Waals surface area (Å²) in [6.45, 7) is 8.11. The molecule has 1 aromatic heterocycles. The van der Waals surface area contributed by atoms with Crippen LogP contribution in [0.4, 0.5) is 20.2 Å². The van der Waals surface area contributed by atoms with E-state index in [9.17, 15) is 8.78 Å². The highest BCUT2D eigenvalue weighted by atomic mass is 19.2. The summed E-state index contributed by atoms with van der Waals surface area (Å²) in [5, 5.41) is 0. The first-order valence-electron chi connectivity index (χ1n) is 5.95. The molecule has 0 saturated heterocycles. The number of rotatable bonds is 2. The summed E-state index contributed by atoms with van der Waals surface area (Å²) in [7, 11) is 0. The first-order valence-corrected chi connectivity index (χ1v) is 5.95. The number of aromatic nitrogens is 2. The molecular formula is C13H10F2N4O. The highest BCUT2D eigenvalue weighted by Gasteiger charge is 2.26. The van der Waals surface area contributed by atoms with E-state index in [1.165, 1.54) is 6.07 Å². The minimum atomic E-state index is -1.17. The van der Waals surface area contributed by atoms with Gasteiger partial charge in [0.1, 0.15) is 6.61 Å². The van der Waals surface area contributed by atoms with E-state index in [0.717, 1.165) is 5.69 Å². The SMILES string of the molecule is [C-]#[N+]c1cc2c(c(F)c1F)OCCN2Cc1c[nH]cn1. The van der Waals surface area contributed by atoms with Crippen LogP contribution in [0.1, 0.15) is 5.69 Å². The molecule has 102 valence electrons. The Bertz CT molecular complexity index is 679. The second-order valence-electron chi connectivity index (χ2n) is 4.31. The molecule has 0 unspecified atom stereocenters. The zero-order valence-corrected chi connectivity index (χ0v) is 10.4. The maximum absolute atomic E-state index is 13.9. The molecule has 0 bridgehead atoms. The molecule has 0 amide bonds. The van der Waals surface area contributed by atoms with Gasteiger partial charge in [-0.1, -0.05) is 0 Å². The monoisotopic (exact) mass is 276 g/mol. The number of nitrogens with one attached hydrogen (secondary N) is 1. The number of H-pyrrole nitrogens is 1. The van der Waals surface area contributed by atoms with Crippen LogP contribution < -0.4 is 9.64 Å².